The molecule has 0 aromatic heterocycles. The minimum atomic E-state index is 0.409. The van der Waals surface area contributed by atoms with Crippen LogP contribution in [0.15, 0.2) is 53.4 Å². The molecule has 0 bridgehead atoms. The van der Waals surface area contributed by atoms with Gasteiger partial charge in [-0.05, 0) is 43.7 Å². The third-order valence-electron chi connectivity index (χ3n) is 3.42. The normalized spacial score (nSPS) is 12.3. The fourth-order valence-electron chi connectivity index (χ4n) is 2.37. The van der Waals surface area contributed by atoms with E-state index >= 15 is 0 Å². The molecule has 1 atom stereocenters. The fourth-order valence-corrected chi connectivity index (χ4v) is 3.47. The van der Waals surface area contributed by atoms with Crippen molar-refractivity contribution in [3.05, 3.63) is 65.2 Å². The summed E-state index contributed by atoms with van der Waals surface area (Å²) in [4.78, 5) is 1.35. The Morgan fingerprint density at radius 2 is 1.85 bits per heavy atom. The van der Waals surface area contributed by atoms with Crippen molar-refractivity contribution in [2.75, 3.05) is 12.3 Å². The monoisotopic (exact) mass is 285 g/mol. The van der Waals surface area contributed by atoms with Crippen LogP contribution in [0.25, 0.3) is 0 Å². The Morgan fingerprint density at radius 3 is 2.55 bits per heavy atom. The third kappa shape index (κ3) is 4.12. The summed E-state index contributed by atoms with van der Waals surface area (Å²) in [6.45, 7) is 7.50. The van der Waals surface area contributed by atoms with Crippen LogP contribution in [-0.2, 0) is 0 Å². The summed E-state index contributed by atoms with van der Waals surface area (Å²) < 4.78 is 0. The quantitative estimate of drug-likeness (QED) is 0.769. The van der Waals surface area contributed by atoms with Crippen molar-refractivity contribution in [2.45, 2.75) is 31.7 Å². The second kappa shape index (κ2) is 7.51. The summed E-state index contributed by atoms with van der Waals surface area (Å²) in [5.74, 6) is 1.06. The molecule has 0 radical (unpaired) electrons. The minimum absolute atomic E-state index is 0.409. The van der Waals surface area contributed by atoms with Crippen LogP contribution in [0.1, 0.15) is 29.7 Å². The molecular formula is C18H23NS. The average Bonchev–Trinajstić information content (AvgIpc) is 2.44. The highest BCUT2D eigenvalue weighted by Crippen LogP contribution is 2.26. The van der Waals surface area contributed by atoms with E-state index in [9.17, 15) is 0 Å². The van der Waals surface area contributed by atoms with Crippen molar-refractivity contribution >= 4 is 11.8 Å². The summed E-state index contributed by atoms with van der Waals surface area (Å²) in [7, 11) is 0. The van der Waals surface area contributed by atoms with Crippen molar-refractivity contribution in [3.63, 3.8) is 0 Å². The van der Waals surface area contributed by atoms with Gasteiger partial charge in [-0.2, -0.15) is 0 Å². The van der Waals surface area contributed by atoms with Crippen LogP contribution in [0, 0.1) is 13.8 Å². The molecule has 2 heteroatoms. The van der Waals surface area contributed by atoms with Crippen LogP contribution in [-0.4, -0.2) is 12.3 Å². The van der Waals surface area contributed by atoms with Crippen molar-refractivity contribution in [1.29, 1.82) is 0 Å². The Balaban J connectivity index is 2.08. The maximum absolute atomic E-state index is 3.60. The second-order valence-corrected chi connectivity index (χ2v) is 6.19. The van der Waals surface area contributed by atoms with Crippen molar-refractivity contribution < 1.29 is 0 Å². The van der Waals surface area contributed by atoms with Gasteiger partial charge in [-0.3, -0.25) is 0 Å². The molecule has 1 unspecified atom stereocenters. The highest BCUT2D eigenvalue weighted by molar-refractivity contribution is 7.99. The standard InChI is InChI=1S/C18H23NS/c1-4-19-18(17-11-6-5-9-15(17)3)13-20-16-10-7-8-14(2)12-16/h5-12,18-19H,4,13H2,1-3H3. The number of aryl methyl sites for hydroxylation is 2. The Morgan fingerprint density at radius 1 is 1.05 bits per heavy atom. The lowest BCUT2D eigenvalue weighted by molar-refractivity contribution is 0.603. The van der Waals surface area contributed by atoms with Gasteiger partial charge in [-0.1, -0.05) is 48.9 Å². The zero-order valence-electron chi connectivity index (χ0n) is 12.5. The van der Waals surface area contributed by atoms with Crippen molar-refractivity contribution in [2.24, 2.45) is 0 Å². The molecule has 0 amide bonds. The molecule has 0 aliphatic heterocycles. The SMILES string of the molecule is CCNC(CSc1cccc(C)c1)c1ccccc1C. The smallest absolute Gasteiger partial charge is 0.0417 e. The molecule has 0 spiro atoms. The van der Waals surface area contributed by atoms with Crippen LogP contribution >= 0.6 is 11.8 Å². The fraction of sp³-hybridized carbons (Fsp3) is 0.333. The van der Waals surface area contributed by atoms with Gasteiger partial charge in [0, 0.05) is 16.7 Å². The van der Waals surface area contributed by atoms with Gasteiger partial charge in [-0.15, -0.1) is 11.8 Å². The topological polar surface area (TPSA) is 12.0 Å². The summed E-state index contributed by atoms with van der Waals surface area (Å²) in [6.07, 6.45) is 0. The molecule has 2 aromatic rings. The Hall–Kier alpha value is -1.25. The van der Waals surface area contributed by atoms with Gasteiger partial charge >= 0.3 is 0 Å². The summed E-state index contributed by atoms with van der Waals surface area (Å²) >= 11 is 1.92. The first kappa shape index (κ1) is 15.1. The molecule has 1 nitrogen and oxygen atoms in total. The maximum Gasteiger partial charge on any atom is 0.0417 e. The van der Waals surface area contributed by atoms with Gasteiger partial charge in [0.05, 0.1) is 0 Å². The van der Waals surface area contributed by atoms with Crippen LogP contribution in [0.2, 0.25) is 0 Å². The lowest BCUT2D eigenvalue weighted by atomic mass is 10.0. The number of thioether (sulfide) groups is 1. The molecular weight excluding hydrogens is 262 g/mol. The molecule has 0 aliphatic rings. The molecule has 0 saturated carbocycles. The van der Waals surface area contributed by atoms with E-state index in [0.717, 1.165) is 12.3 Å². The average molecular weight is 285 g/mol. The highest BCUT2D eigenvalue weighted by Gasteiger charge is 2.12. The van der Waals surface area contributed by atoms with Gasteiger partial charge in [0.25, 0.3) is 0 Å². The second-order valence-electron chi connectivity index (χ2n) is 5.09. The first-order valence-corrected chi connectivity index (χ1v) is 8.17. The number of nitrogens with one attached hydrogen (secondary N) is 1. The molecule has 0 aliphatic carbocycles. The Bertz CT molecular complexity index is 551. The largest absolute Gasteiger partial charge is 0.309 e. The van der Waals surface area contributed by atoms with Crippen LogP contribution in [0.5, 0.6) is 0 Å². The lowest BCUT2D eigenvalue weighted by Gasteiger charge is -2.20. The van der Waals surface area contributed by atoms with Gasteiger partial charge in [-0.25, -0.2) is 0 Å². The van der Waals surface area contributed by atoms with Crippen molar-refractivity contribution in [3.8, 4) is 0 Å². The highest BCUT2D eigenvalue weighted by atomic mass is 32.2. The summed E-state index contributed by atoms with van der Waals surface area (Å²) in [6, 6.07) is 17.8. The van der Waals surface area contributed by atoms with Crippen LogP contribution in [0.4, 0.5) is 0 Å². The molecule has 0 fully saturated rings. The molecule has 0 saturated heterocycles. The van der Waals surface area contributed by atoms with Gasteiger partial charge in [0.15, 0.2) is 0 Å². The Kier molecular flexibility index (Phi) is 5.69. The Labute approximate surface area is 126 Å². The van der Waals surface area contributed by atoms with E-state index in [4.69, 9.17) is 0 Å². The van der Waals surface area contributed by atoms with E-state index in [2.05, 4.69) is 74.6 Å². The van der Waals surface area contributed by atoms with E-state index in [1.54, 1.807) is 0 Å². The number of hydrogen-bond acceptors (Lipinski definition) is 2. The zero-order valence-corrected chi connectivity index (χ0v) is 13.3. The molecule has 0 heterocycles. The van der Waals surface area contributed by atoms with E-state index in [1.807, 2.05) is 11.8 Å². The molecule has 20 heavy (non-hydrogen) atoms. The third-order valence-corrected chi connectivity index (χ3v) is 4.51. The van der Waals surface area contributed by atoms with E-state index in [1.165, 1.54) is 21.6 Å². The minimum Gasteiger partial charge on any atom is -0.309 e. The van der Waals surface area contributed by atoms with E-state index < -0.39 is 0 Å². The first-order valence-electron chi connectivity index (χ1n) is 7.19. The molecule has 2 aromatic carbocycles. The molecule has 106 valence electrons. The predicted molar refractivity (Wildman–Crippen MR) is 89.5 cm³/mol. The van der Waals surface area contributed by atoms with Crippen LogP contribution < -0.4 is 5.32 Å². The molecule has 2 rings (SSSR count). The summed E-state index contributed by atoms with van der Waals surface area (Å²) in [5, 5.41) is 3.60. The van der Waals surface area contributed by atoms with E-state index in [0.29, 0.717) is 6.04 Å². The van der Waals surface area contributed by atoms with Gasteiger partial charge < -0.3 is 5.32 Å². The first-order chi connectivity index (χ1) is 9.70. The maximum atomic E-state index is 3.60. The number of hydrogen-bond donors (Lipinski definition) is 1. The van der Waals surface area contributed by atoms with Gasteiger partial charge in [0.1, 0.15) is 0 Å². The number of benzene rings is 2. The predicted octanol–water partition coefficient (Wildman–Crippen LogP) is 4.75. The molecule has 1 N–H and O–H groups in total. The van der Waals surface area contributed by atoms with Crippen molar-refractivity contribution in [1.82, 2.24) is 5.32 Å². The van der Waals surface area contributed by atoms with Crippen LogP contribution in [0.3, 0.4) is 0 Å². The van der Waals surface area contributed by atoms with Gasteiger partial charge in [0.2, 0.25) is 0 Å². The zero-order chi connectivity index (χ0) is 14.4. The van der Waals surface area contributed by atoms with E-state index in [-0.39, 0.29) is 0 Å². The number of rotatable bonds is 6. The summed E-state index contributed by atoms with van der Waals surface area (Å²) in [5.41, 5.74) is 4.10. The lowest BCUT2D eigenvalue weighted by Crippen LogP contribution is -2.23.